The molecule has 0 saturated carbocycles. The van der Waals surface area contributed by atoms with Crippen molar-refractivity contribution in [3.05, 3.63) is 94.9 Å². The van der Waals surface area contributed by atoms with E-state index in [1.165, 1.54) is 5.56 Å². The lowest BCUT2D eigenvalue weighted by Gasteiger charge is -2.23. The molecule has 2 heterocycles. The Morgan fingerprint density at radius 1 is 1.03 bits per heavy atom. The summed E-state index contributed by atoms with van der Waals surface area (Å²) in [4.78, 5) is 19.9. The molecule has 0 N–H and O–H groups in total. The van der Waals surface area contributed by atoms with E-state index in [0.717, 1.165) is 34.5 Å². The average molecular weight is 472 g/mol. The van der Waals surface area contributed by atoms with Gasteiger partial charge in [0.05, 0.1) is 19.9 Å². The van der Waals surface area contributed by atoms with Crippen molar-refractivity contribution in [2.75, 3.05) is 27.8 Å². The number of nitrogens with zero attached hydrogens (tertiary/aromatic N) is 3. The summed E-state index contributed by atoms with van der Waals surface area (Å²) in [6, 6.07) is 18.3. The van der Waals surface area contributed by atoms with Gasteiger partial charge in [0, 0.05) is 38.3 Å². The van der Waals surface area contributed by atoms with Gasteiger partial charge in [0.2, 0.25) is 5.91 Å². The number of rotatable bonds is 9. The van der Waals surface area contributed by atoms with Crippen molar-refractivity contribution < 1.29 is 14.3 Å². The quantitative estimate of drug-likeness (QED) is 0.337. The van der Waals surface area contributed by atoms with Crippen molar-refractivity contribution in [1.82, 2.24) is 14.3 Å². The van der Waals surface area contributed by atoms with Gasteiger partial charge in [-0.15, -0.1) is 0 Å². The lowest BCUT2D eigenvalue weighted by atomic mass is 9.89. The minimum atomic E-state index is -0.0927. The molecule has 0 spiro atoms. The SMILES string of the molecule is COc1ccc(CCN(C)C(=O)CC(c2ccccc2C)c2cnc3cc(C)ccn23)cc1OC. The number of carbonyl (C=O) groups excluding carboxylic acids is 1. The Morgan fingerprint density at radius 3 is 2.54 bits per heavy atom. The van der Waals surface area contributed by atoms with E-state index >= 15 is 0 Å². The molecule has 1 amide bonds. The molecule has 0 aliphatic carbocycles. The molecule has 0 radical (unpaired) electrons. The van der Waals surface area contributed by atoms with Crippen LogP contribution in [0.3, 0.4) is 0 Å². The van der Waals surface area contributed by atoms with Crippen molar-refractivity contribution in [2.24, 2.45) is 0 Å². The fourth-order valence-corrected chi connectivity index (χ4v) is 4.50. The predicted molar refractivity (Wildman–Crippen MR) is 138 cm³/mol. The summed E-state index contributed by atoms with van der Waals surface area (Å²) in [5.74, 6) is 1.40. The minimum absolute atomic E-state index is 0.0927. The Balaban J connectivity index is 1.55. The van der Waals surface area contributed by atoms with Gasteiger partial charge < -0.3 is 18.8 Å². The van der Waals surface area contributed by atoms with Gasteiger partial charge in [0.1, 0.15) is 5.65 Å². The topological polar surface area (TPSA) is 56.1 Å². The molecule has 182 valence electrons. The molecule has 6 heteroatoms. The molecule has 0 aliphatic heterocycles. The lowest BCUT2D eigenvalue weighted by Crippen LogP contribution is -2.30. The number of methoxy groups -OCH3 is 2. The van der Waals surface area contributed by atoms with Gasteiger partial charge in [-0.1, -0.05) is 30.3 Å². The summed E-state index contributed by atoms with van der Waals surface area (Å²) in [5, 5.41) is 0. The summed E-state index contributed by atoms with van der Waals surface area (Å²) in [5.41, 5.74) is 6.49. The summed E-state index contributed by atoms with van der Waals surface area (Å²) in [6.45, 7) is 4.77. The number of ether oxygens (including phenoxy) is 2. The molecule has 35 heavy (non-hydrogen) atoms. The number of aryl methyl sites for hydroxylation is 2. The van der Waals surface area contributed by atoms with Crippen LogP contribution in [0.2, 0.25) is 0 Å². The first-order valence-corrected chi connectivity index (χ1v) is 11.8. The van der Waals surface area contributed by atoms with E-state index < -0.39 is 0 Å². The normalized spacial score (nSPS) is 11.9. The van der Waals surface area contributed by atoms with E-state index in [2.05, 4.69) is 47.5 Å². The van der Waals surface area contributed by atoms with Crippen molar-refractivity contribution >= 4 is 11.6 Å². The number of benzene rings is 2. The van der Waals surface area contributed by atoms with E-state index in [0.29, 0.717) is 24.5 Å². The Morgan fingerprint density at radius 2 is 1.80 bits per heavy atom. The summed E-state index contributed by atoms with van der Waals surface area (Å²) >= 11 is 0. The maximum Gasteiger partial charge on any atom is 0.223 e. The molecule has 4 rings (SSSR count). The van der Waals surface area contributed by atoms with Crippen LogP contribution >= 0.6 is 0 Å². The molecule has 6 nitrogen and oxygen atoms in total. The van der Waals surface area contributed by atoms with E-state index in [1.54, 1.807) is 14.2 Å². The Labute approximate surface area is 207 Å². The molecular formula is C29H33N3O3. The zero-order valence-corrected chi connectivity index (χ0v) is 21.1. The number of imidazole rings is 1. The number of fused-ring (bicyclic) bond motifs is 1. The van der Waals surface area contributed by atoms with Crippen LogP contribution in [0, 0.1) is 13.8 Å². The van der Waals surface area contributed by atoms with E-state index in [4.69, 9.17) is 9.47 Å². The number of carbonyl (C=O) groups is 1. The van der Waals surface area contributed by atoms with Gasteiger partial charge in [-0.05, 0) is 66.8 Å². The molecular weight excluding hydrogens is 438 g/mol. The number of hydrogen-bond donors (Lipinski definition) is 0. The average Bonchev–Trinajstić information content (AvgIpc) is 3.28. The van der Waals surface area contributed by atoms with E-state index in [1.807, 2.05) is 54.7 Å². The van der Waals surface area contributed by atoms with Gasteiger partial charge in [0.15, 0.2) is 11.5 Å². The second-order valence-corrected chi connectivity index (χ2v) is 8.98. The predicted octanol–water partition coefficient (Wildman–Crippen LogP) is 5.19. The third-order valence-electron chi connectivity index (χ3n) is 6.61. The molecule has 1 unspecified atom stereocenters. The summed E-state index contributed by atoms with van der Waals surface area (Å²) in [6.07, 6.45) is 5.05. The van der Waals surface area contributed by atoms with Crippen molar-refractivity contribution in [3.8, 4) is 11.5 Å². The van der Waals surface area contributed by atoms with Crippen molar-refractivity contribution in [3.63, 3.8) is 0 Å². The number of likely N-dealkylation sites (N-methyl/N-ethyl adjacent to an activating group) is 1. The lowest BCUT2D eigenvalue weighted by molar-refractivity contribution is -0.130. The number of amides is 1. The number of pyridine rings is 1. The Hall–Kier alpha value is -3.80. The second-order valence-electron chi connectivity index (χ2n) is 8.98. The van der Waals surface area contributed by atoms with E-state index in [9.17, 15) is 4.79 Å². The summed E-state index contributed by atoms with van der Waals surface area (Å²) < 4.78 is 12.8. The van der Waals surface area contributed by atoms with Crippen LogP contribution in [0.15, 0.2) is 67.0 Å². The second kappa shape index (κ2) is 10.6. The third kappa shape index (κ3) is 5.32. The van der Waals surface area contributed by atoms with Gasteiger partial charge in [-0.25, -0.2) is 4.98 Å². The van der Waals surface area contributed by atoms with Crippen LogP contribution in [-0.4, -0.2) is 48.0 Å². The first-order chi connectivity index (χ1) is 16.9. The first-order valence-electron chi connectivity index (χ1n) is 11.8. The summed E-state index contributed by atoms with van der Waals surface area (Å²) in [7, 11) is 5.13. The molecule has 1 atom stereocenters. The van der Waals surface area contributed by atoms with Gasteiger partial charge >= 0.3 is 0 Å². The molecule has 2 aromatic heterocycles. The molecule has 0 bridgehead atoms. The monoisotopic (exact) mass is 471 g/mol. The Kier molecular flexibility index (Phi) is 7.39. The smallest absolute Gasteiger partial charge is 0.223 e. The molecule has 0 saturated heterocycles. The molecule has 0 fully saturated rings. The van der Waals surface area contributed by atoms with Crippen LogP contribution < -0.4 is 9.47 Å². The van der Waals surface area contributed by atoms with Crippen LogP contribution in [0.25, 0.3) is 5.65 Å². The Bertz CT molecular complexity index is 1330. The largest absolute Gasteiger partial charge is 0.493 e. The van der Waals surface area contributed by atoms with Crippen molar-refractivity contribution in [1.29, 1.82) is 0 Å². The van der Waals surface area contributed by atoms with Crippen LogP contribution in [0.4, 0.5) is 0 Å². The highest BCUT2D eigenvalue weighted by molar-refractivity contribution is 5.77. The van der Waals surface area contributed by atoms with Gasteiger partial charge in [0.25, 0.3) is 0 Å². The first kappa shape index (κ1) is 24.3. The molecule has 2 aromatic carbocycles. The third-order valence-corrected chi connectivity index (χ3v) is 6.61. The molecule has 4 aromatic rings. The standard InChI is InChI=1S/C29H33N3O3/c1-20-12-15-32-25(19-30-28(32)16-20)24(23-9-7-6-8-21(23)2)18-29(33)31(3)14-13-22-10-11-26(34-4)27(17-22)35-5/h6-12,15-17,19,24H,13-14,18H2,1-5H3. The van der Waals surface area contributed by atoms with E-state index in [-0.39, 0.29) is 11.8 Å². The van der Waals surface area contributed by atoms with Crippen LogP contribution in [0.5, 0.6) is 11.5 Å². The highest BCUT2D eigenvalue weighted by atomic mass is 16.5. The maximum absolute atomic E-state index is 13.4. The number of hydrogen-bond acceptors (Lipinski definition) is 4. The van der Waals surface area contributed by atoms with Gasteiger partial charge in [-0.3, -0.25) is 4.79 Å². The zero-order chi connectivity index (χ0) is 24.9. The highest BCUT2D eigenvalue weighted by Crippen LogP contribution is 2.32. The number of aromatic nitrogens is 2. The fourth-order valence-electron chi connectivity index (χ4n) is 4.50. The minimum Gasteiger partial charge on any atom is -0.493 e. The van der Waals surface area contributed by atoms with Crippen LogP contribution in [0.1, 0.15) is 40.3 Å². The molecule has 0 aliphatic rings. The van der Waals surface area contributed by atoms with Crippen molar-refractivity contribution in [2.45, 2.75) is 32.6 Å². The zero-order valence-electron chi connectivity index (χ0n) is 21.1. The fraction of sp³-hybridized carbons (Fsp3) is 0.310. The highest BCUT2D eigenvalue weighted by Gasteiger charge is 2.24. The van der Waals surface area contributed by atoms with Crippen LogP contribution in [-0.2, 0) is 11.2 Å². The van der Waals surface area contributed by atoms with Gasteiger partial charge in [-0.2, -0.15) is 0 Å². The maximum atomic E-state index is 13.4.